The minimum absolute atomic E-state index is 0.455. The Kier molecular flexibility index (Phi) is 3.83. The lowest BCUT2D eigenvalue weighted by atomic mass is 10.3. The van der Waals surface area contributed by atoms with E-state index < -0.39 is 0 Å². The minimum Gasteiger partial charge on any atom is -0.325 e. The van der Waals surface area contributed by atoms with Crippen molar-refractivity contribution in [2.75, 3.05) is 0 Å². The van der Waals surface area contributed by atoms with Gasteiger partial charge in [0.25, 0.3) is 0 Å². The second-order valence-electron chi connectivity index (χ2n) is 3.22. The number of hydrogen-bond acceptors (Lipinski definition) is 3. The summed E-state index contributed by atoms with van der Waals surface area (Å²) in [6.07, 6.45) is 1.77. The summed E-state index contributed by atoms with van der Waals surface area (Å²) in [5.74, 6) is 0. The molecule has 2 rings (SSSR count). The molecule has 1 heterocycles. The van der Waals surface area contributed by atoms with E-state index in [9.17, 15) is 0 Å². The number of rotatable bonds is 3. The highest BCUT2D eigenvalue weighted by atomic mass is 35.5. The van der Waals surface area contributed by atoms with Gasteiger partial charge < -0.3 is 5.73 Å². The largest absolute Gasteiger partial charge is 0.325 e. The second kappa shape index (κ2) is 5.34. The Morgan fingerprint density at radius 2 is 2.06 bits per heavy atom. The molecule has 0 spiro atoms. The van der Waals surface area contributed by atoms with Crippen LogP contribution in [-0.2, 0) is 6.54 Å². The van der Waals surface area contributed by atoms with Crippen LogP contribution in [0.15, 0.2) is 52.4 Å². The highest BCUT2D eigenvalue weighted by Gasteiger charge is 2.02. The number of hydrogen-bond donors (Lipinski definition) is 1. The van der Waals surface area contributed by atoms with E-state index in [1.54, 1.807) is 18.0 Å². The number of benzene rings is 1. The van der Waals surface area contributed by atoms with Gasteiger partial charge >= 0.3 is 0 Å². The fourth-order valence-electron chi connectivity index (χ4n) is 1.29. The van der Waals surface area contributed by atoms with Gasteiger partial charge in [-0.05, 0) is 24.3 Å². The average Bonchev–Trinajstić information content (AvgIpc) is 2.32. The zero-order chi connectivity index (χ0) is 11.4. The van der Waals surface area contributed by atoms with Gasteiger partial charge in [-0.1, -0.05) is 35.5 Å². The zero-order valence-electron chi connectivity index (χ0n) is 8.56. The third kappa shape index (κ3) is 2.76. The summed E-state index contributed by atoms with van der Waals surface area (Å²) >= 11 is 7.70. The fourth-order valence-corrected chi connectivity index (χ4v) is 2.43. The average molecular weight is 251 g/mol. The van der Waals surface area contributed by atoms with E-state index in [-0.39, 0.29) is 0 Å². The molecular formula is C12H11ClN2S. The Labute approximate surface area is 104 Å². The molecule has 16 heavy (non-hydrogen) atoms. The summed E-state index contributed by atoms with van der Waals surface area (Å²) in [5.41, 5.74) is 6.43. The fraction of sp³-hybridized carbons (Fsp3) is 0.0833. The molecule has 0 atom stereocenters. The van der Waals surface area contributed by atoms with Gasteiger partial charge in [0.1, 0.15) is 0 Å². The summed E-state index contributed by atoms with van der Waals surface area (Å²) in [7, 11) is 0. The normalized spacial score (nSPS) is 10.4. The molecule has 0 saturated carbocycles. The third-order valence-electron chi connectivity index (χ3n) is 2.06. The molecule has 0 bridgehead atoms. The number of nitrogens with two attached hydrogens (primary N) is 1. The van der Waals surface area contributed by atoms with Crippen LogP contribution in [0.2, 0.25) is 5.02 Å². The van der Waals surface area contributed by atoms with E-state index in [0.717, 1.165) is 20.5 Å². The quantitative estimate of drug-likeness (QED) is 0.908. The van der Waals surface area contributed by atoms with Gasteiger partial charge in [0.05, 0.1) is 10.7 Å². The van der Waals surface area contributed by atoms with Crippen molar-refractivity contribution >= 4 is 23.4 Å². The molecule has 0 aliphatic carbocycles. The van der Waals surface area contributed by atoms with Crippen LogP contribution >= 0.6 is 23.4 Å². The molecule has 0 fully saturated rings. The van der Waals surface area contributed by atoms with Gasteiger partial charge in [-0.3, -0.25) is 4.98 Å². The molecule has 82 valence electrons. The molecule has 1 aromatic carbocycles. The minimum atomic E-state index is 0.455. The maximum Gasteiger partial charge on any atom is 0.0550 e. The molecule has 0 amide bonds. The van der Waals surface area contributed by atoms with E-state index in [2.05, 4.69) is 4.98 Å². The van der Waals surface area contributed by atoms with Crippen molar-refractivity contribution in [2.24, 2.45) is 5.73 Å². The molecule has 4 heteroatoms. The monoisotopic (exact) mass is 250 g/mol. The van der Waals surface area contributed by atoms with Gasteiger partial charge in [0, 0.05) is 22.5 Å². The first-order valence-electron chi connectivity index (χ1n) is 4.87. The summed E-state index contributed by atoms with van der Waals surface area (Å²) in [5, 5.41) is 0.763. The van der Waals surface area contributed by atoms with Gasteiger partial charge in [-0.25, -0.2) is 0 Å². The smallest absolute Gasteiger partial charge is 0.0550 e. The van der Waals surface area contributed by atoms with Crippen molar-refractivity contribution in [3.8, 4) is 0 Å². The van der Waals surface area contributed by atoms with Crippen LogP contribution in [0.3, 0.4) is 0 Å². The molecule has 2 nitrogen and oxygen atoms in total. The first kappa shape index (κ1) is 11.5. The van der Waals surface area contributed by atoms with Crippen LogP contribution in [0.25, 0.3) is 0 Å². The second-order valence-corrected chi connectivity index (χ2v) is 4.74. The summed E-state index contributed by atoms with van der Waals surface area (Å²) in [6.45, 7) is 0.455. The predicted molar refractivity (Wildman–Crippen MR) is 67.7 cm³/mol. The first-order chi connectivity index (χ1) is 7.79. The molecule has 0 unspecified atom stereocenters. The predicted octanol–water partition coefficient (Wildman–Crippen LogP) is 3.34. The van der Waals surface area contributed by atoms with Gasteiger partial charge in [-0.2, -0.15) is 0 Å². The lowest BCUT2D eigenvalue weighted by Gasteiger charge is -2.04. The van der Waals surface area contributed by atoms with E-state index >= 15 is 0 Å². The van der Waals surface area contributed by atoms with E-state index in [0.29, 0.717) is 6.54 Å². The Morgan fingerprint density at radius 3 is 2.81 bits per heavy atom. The number of nitrogens with zero attached hydrogens (tertiary/aromatic N) is 1. The first-order valence-corrected chi connectivity index (χ1v) is 6.06. The third-order valence-corrected chi connectivity index (χ3v) is 3.57. The van der Waals surface area contributed by atoms with Crippen molar-refractivity contribution in [3.05, 3.63) is 53.3 Å². The van der Waals surface area contributed by atoms with Crippen LogP contribution in [0, 0.1) is 0 Å². The summed E-state index contributed by atoms with van der Waals surface area (Å²) < 4.78 is 0. The van der Waals surface area contributed by atoms with E-state index in [1.807, 2.05) is 36.4 Å². The van der Waals surface area contributed by atoms with Crippen LogP contribution in [0.4, 0.5) is 0 Å². The van der Waals surface area contributed by atoms with E-state index in [4.69, 9.17) is 17.3 Å². The van der Waals surface area contributed by atoms with E-state index in [1.165, 1.54) is 0 Å². The standard InChI is InChI=1S/C12H11ClN2S/c13-11-3-1-2-4-12(11)16-10-5-6-15-9(7-10)8-14/h1-7H,8,14H2. The van der Waals surface area contributed by atoms with Crippen LogP contribution in [-0.4, -0.2) is 4.98 Å². The van der Waals surface area contributed by atoms with Crippen molar-refractivity contribution in [1.82, 2.24) is 4.98 Å². The highest BCUT2D eigenvalue weighted by molar-refractivity contribution is 7.99. The molecule has 0 radical (unpaired) electrons. The zero-order valence-corrected chi connectivity index (χ0v) is 10.1. The number of aromatic nitrogens is 1. The van der Waals surface area contributed by atoms with Crippen LogP contribution < -0.4 is 5.73 Å². The van der Waals surface area contributed by atoms with Gasteiger partial charge in [0.2, 0.25) is 0 Å². The van der Waals surface area contributed by atoms with Crippen molar-refractivity contribution in [2.45, 2.75) is 16.3 Å². The van der Waals surface area contributed by atoms with Crippen molar-refractivity contribution in [3.63, 3.8) is 0 Å². The summed E-state index contributed by atoms with van der Waals surface area (Å²) in [4.78, 5) is 6.29. The topological polar surface area (TPSA) is 38.9 Å². The van der Waals surface area contributed by atoms with Gasteiger partial charge in [-0.15, -0.1) is 0 Å². The highest BCUT2D eigenvalue weighted by Crippen LogP contribution is 2.32. The SMILES string of the molecule is NCc1cc(Sc2ccccc2Cl)ccn1. The summed E-state index contributed by atoms with van der Waals surface area (Å²) in [6, 6.07) is 11.7. The number of pyridine rings is 1. The Bertz CT molecular complexity index is 488. The number of halogens is 1. The lowest BCUT2D eigenvalue weighted by molar-refractivity contribution is 0.976. The molecule has 0 saturated heterocycles. The molecule has 0 aliphatic rings. The Balaban J connectivity index is 2.24. The maximum atomic E-state index is 6.09. The molecule has 0 aliphatic heterocycles. The van der Waals surface area contributed by atoms with Gasteiger partial charge in [0.15, 0.2) is 0 Å². The molecule has 2 N–H and O–H groups in total. The Morgan fingerprint density at radius 1 is 1.25 bits per heavy atom. The Hall–Kier alpha value is -1.03. The maximum absolute atomic E-state index is 6.09. The van der Waals surface area contributed by atoms with Crippen molar-refractivity contribution in [1.29, 1.82) is 0 Å². The molecule has 2 aromatic rings. The lowest BCUT2D eigenvalue weighted by Crippen LogP contribution is -1.98. The molecular weight excluding hydrogens is 240 g/mol. The molecule has 1 aromatic heterocycles. The van der Waals surface area contributed by atoms with Crippen LogP contribution in [0.5, 0.6) is 0 Å². The van der Waals surface area contributed by atoms with Crippen LogP contribution in [0.1, 0.15) is 5.69 Å². The van der Waals surface area contributed by atoms with Crippen molar-refractivity contribution < 1.29 is 0 Å².